The Balaban J connectivity index is 1.53. The molecule has 0 radical (unpaired) electrons. The number of carboxylic acid groups (broad SMARTS) is 2. The van der Waals surface area contributed by atoms with E-state index in [9.17, 15) is 29.4 Å². The molecular weight excluding hydrogens is 602 g/mol. The van der Waals surface area contributed by atoms with Crippen LogP contribution in [0.25, 0.3) is 0 Å². The molecule has 1 saturated heterocycles. The Bertz CT molecular complexity index is 1510. The van der Waals surface area contributed by atoms with E-state index in [-0.39, 0.29) is 45.0 Å². The Kier molecular flexibility index (Phi) is 8.12. The summed E-state index contributed by atoms with van der Waals surface area (Å²) < 4.78 is 4.99. The van der Waals surface area contributed by atoms with Gasteiger partial charge in [-0.25, -0.2) is 4.79 Å². The average Bonchev–Trinajstić information content (AvgIpc) is 3.33. The molecule has 0 saturated carbocycles. The molecule has 41 heavy (non-hydrogen) atoms. The van der Waals surface area contributed by atoms with Crippen LogP contribution in [0.15, 0.2) is 27.6 Å². The molecule has 4 heterocycles. The Hall–Kier alpha value is -4.37. The number of carboxylic acids is 2. The second kappa shape index (κ2) is 11.2. The number of aromatic nitrogens is 4. The highest BCUT2D eigenvalue weighted by Crippen LogP contribution is 2.41. The molecule has 0 aliphatic carbocycles. The molecule has 2 aliphatic heterocycles. The normalized spacial score (nSPS) is 18.9. The molecular formula is C20H23N11O7S3. The summed E-state index contributed by atoms with van der Waals surface area (Å²) in [5, 5.41) is 26.9. The molecule has 10 N–H and O–H groups in total. The first kappa shape index (κ1) is 29.6. The van der Waals surface area contributed by atoms with Crippen molar-refractivity contribution in [2.75, 3.05) is 34.5 Å². The number of oxime groups is 1. The number of anilines is 3. The van der Waals surface area contributed by atoms with E-state index in [2.05, 4.69) is 24.8 Å². The molecule has 18 nitrogen and oxygen atoms in total. The molecule has 2 aliphatic rings. The molecule has 2 amide bonds. The summed E-state index contributed by atoms with van der Waals surface area (Å²) in [7, 11) is 0. The zero-order valence-electron chi connectivity index (χ0n) is 21.3. The van der Waals surface area contributed by atoms with Gasteiger partial charge in [0.05, 0.1) is 17.7 Å². The third kappa shape index (κ3) is 5.90. The zero-order valence-corrected chi connectivity index (χ0v) is 23.7. The number of carbonyl (C=O) groups is 4. The van der Waals surface area contributed by atoms with Gasteiger partial charge in [0.15, 0.2) is 5.13 Å². The van der Waals surface area contributed by atoms with Crippen LogP contribution in [0.2, 0.25) is 0 Å². The van der Waals surface area contributed by atoms with Gasteiger partial charge in [-0.2, -0.15) is 9.36 Å². The molecule has 1 fully saturated rings. The van der Waals surface area contributed by atoms with E-state index in [1.807, 2.05) is 0 Å². The Morgan fingerprint density at radius 1 is 1.34 bits per heavy atom. The van der Waals surface area contributed by atoms with Crippen LogP contribution in [0.4, 0.5) is 16.8 Å². The van der Waals surface area contributed by atoms with Crippen molar-refractivity contribution in [1.82, 2.24) is 24.6 Å². The third-order valence-corrected chi connectivity index (χ3v) is 8.58. The van der Waals surface area contributed by atoms with Crippen molar-refractivity contribution >= 4 is 81.3 Å². The fraction of sp³-hybridized carbons (Fsp3) is 0.350. The summed E-state index contributed by atoms with van der Waals surface area (Å²) in [5.41, 5.74) is 14.8. The van der Waals surface area contributed by atoms with Crippen molar-refractivity contribution in [3.63, 3.8) is 0 Å². The first-order chi connectivity index (χ1) is 19.2. The summed E-state index contributed by atoms with van der Waals surface area (Å²) in [6.07, 6.45) is 0. The van der Waals surface area contributed by atoms with Crippen LogP contribution in [0.1, 0.15) is 19.7 Å². The van der Waals surface area contributed by atoms with Crippen molar-refractivity contribution < 1.29 is 38.9 Å². The molecule has 0 aromatic carbocycles. The number of thioether (sulfide) groups is 2. The Morgan fingerprint density at radius 2 is 2.05 bits per heavy atom. The lowest BCUT2D eigenvalue weighted by atomic mass is 10.0. The molecule has 2 atom stereocenters. The van der Waals surface area contributed by atoms with Crippen molar-refractivity contribution in [3.05, 3.63) is 23.2 Å². The standard InChI is InChI=1S/C20H23N11O7S3/c1-20(2,17(36)37)38-28-9(12-27-18(23)41-29-12)13(32)26-10-14(33)30-11(16(34)35)6(4-39-15(10)30)5-40-19-25-7(21)3-8(22)31(19)24/h3,10,15H,4-5,24H2,1-2H3,(H8,21,22,23,26,27,29,32,34,35,36,37)/b28-9-/t10?,15-/m1/s1. The van der Waals surface area contributed by atoms with Crippen LogP contribution in [0, 0.1) is 0 Å². The number of amides is 2. The van der Waals surface area contributed by atoms with E-state index in [1.165, 1.54) is 31.7 Å². The zero-order chi connectivity index (χ0) is 30.2. The minimum atomic E-state index is -1.81. The Labute approximate surface area is 243 Å². The van der Waals surface area contributed by atoms with E-state index < -0.39 is 46.5 Å². The van der Waals surface area contributed by atoms with Crippen molar-refractivity contribution in [2.24, 2.45) is 5.16 Å². The average molecular weight is 626 g/mol. The number of β-lactam (4-membered cyclic amide) rings is 1. The second-order valence-electron chi connectivity index (χ2n) is 8.95. The van der Waals surface area contributed by atoms with Crippen LogP contribution >= 0.6 is 35.1 Å². The van der Waals surface area contributed by atoms with E-state index in [0.717, 1.165) is 32.9 Å². The highest BCUT2D eigenvalue weighted by Gasteiger charge is 2.53. The number of nitrogen functional groups attached to an aromatic ring is 4. The molecule has 4 rings (SSSR count). The number of rotatable bonds is 10. The lowest BCUT2D eigenvalue weighted by Gasteiger charge is -2.50. The van der Waals surface area contributed by atoms with Crippen molar-refractivity contribution in [3.8, 4) is 0 Å². The van der Waals surface area contributed by atoms with Gasteiger partial charge in [0.1, 0.15) is 11.4 Å². The number of nitrogens with two attached hydrogens (primary N) is 4. The molecule has 1 unspecified atom stereocenters. The van der Waals surface area contributed by atoms with Gasteiger partial charge in [0, 0.05) is 23.0 Å². The van der Waals surface area contributed by atoms with Crippen molar-refractivity contribution in [2.45, 2.75) is 36.0 Å². The van der Waals surface area contributed by atoms with Crippen LogP contribution in [0.5, 0.6) is 0 Å². The maximum atomic E-state index is 13.1. The van der Waals surface area contributed by atoms with Gasteiger partial charge in [-0.3, -0.25) is 20.3 Å². The number of hydrogen-bond acceptors (Lipinski definition) is 17. The summed E-state index contributed by atoms with van der Waals surface area (Å²) in [4.78, 5) is 63.7. The lowest BCUT2D eigenvalue weighted by molar-refractivity contribution is -0.667. The van der Waals surface area contributed by atoms with Crippen LogP contribution in [0.3, 0.4) is 0 Å². The smallest absolute Gasteiger partial charge is 0.350 e. The minimum Gasteiger partial charge on any atom is -0.543 e. The first-order valence-electron chi connectivity index (χ1n) is 11.3. The molecule has 2 aromatic heterocycles. The highest BCUT2D eigenvalue weighted by atomic mass is 32.2. The predicted molar refractivity (Wildman–Crippen MR) is 145 cm³/mol. The molecule has 21 heteroatoms. The maximum Gasteiger partial charge on any atom is 0.350 e. The fourth-order valence-electron chi connectivity index (χ4n) is 3.49. The number of nitrogens with one attached hydrogen (secondary N) is 1. The molecule has 2 aromatic rings. The van der Waals surface area contributed by atoms with Crippen LogP contribution < -0.4 is 38.1 Å². The number of nitrogens with zero attached hydrogens (tertiary/aromatic N) is 6. The van der Waals surface area contributed by atoms with Gasteiger partial charge in [-0.15, -0.1) is 16.4 Å². The fourth-order valence-corrected chi connectivity index (χ4v) is 6.35. The monoisotopic (exact) mass is 625 g/mol. The van der Waals surface area contributed by atoms with Gasteiger partial charge >= 0.3 is 11.1 Å². The van der Waals surface area contributed by atoms with E-state index in [4.69, 9.17) is 27.9 Å². The molecule has 218 valence electrons. The van der Waals surface area contributed by atoms with Gasteiger partial charge in [0.2, 0.25) is 28.8 Å². The van der Waals surface area contributed by atoms with E-state index >= 15 is 0 Å². The van der Waals surface area contributed by atoms with Crippen LogP contribution in [-0.4, -0.2) is 82.3 Å². The summed E-state index contributed by atoms with van der Waals surface area (Å²) >= 11 is 3.01. The summed E-state index contributed by atoms with van der Waals surface area (Å²) in [5.74, 6) is 1.47. The maximum absolute atomic E-state index is 13.1. The SMILES string of the molecule is CC(C)(O/N=C(\C(=O)NC1C(=O)N2C(C(=O)[O-])=C(CSc3nc(N)cc(N)[n+]3N)CS[C@H]12)c1nsc(N)n1)C(=O)O. The topological polar surface area (TPSA) is 295 Å². The van der Waals surface area contributed by atoms with Crippen molar-refractivity contribution in [1.29, 1.82) is 0 Å². The van der Waals surface area contributed by atoms with Gasteiger partial charge in [0.25, 0.3) is 11.8 Å². The van der Waals surface area contributed by atoms with E-state index in [1.54, 1.807) is 0 Å². The van der Waals surface area contributed by atoms with Crippen LogP contribution in [-0.2, 0) is 24.0 Å². The predicted octanol–water partition coefficient (Wildman–Crippen LogP) is -3.54. The van der Waals surface area contributed by atoms with Gasteiger partial charge < -0.3 is 42.4 Å². The molecule has 0 bridgehead atoms. The Morgan fingerprint density at radius 3 is 2.66 bits per heavy atom. The number of aliphatic carboxylic acids is 2. The first-order valence-corrected chi connectivity index (χ1v) is 14.2. The molecule has 0 spiro atoms. The lowest BCUT2D eigenvalue weighted by Crippen LogP contribution is -2.71. The number of carbonyl (C=O) groups excluding carboxylic acids is 3. The van der Waals surface area contributed by atoms with Gasteiger partial charge in [-0.05, 0) is 31.2 Å². The third-order valence-electron chi connectivity index (χ3n) is 5.66. The summed E-state index contributed by atoms with van der Waals surface area (Å²) in [6.45, 7) is 2.41. The minimum absolute atomic E-state index is 0.00269. The summed E-state index contributed by atoms with van der Waals surface area (Å²) in [6, 6.07) is 0.199. The van der Waals surface area contributed by atoms with E-state index in [0.29, 0.717) is 5.57 Å². The number of hydrogen-bond donors (Lipinski definition) is 6. The largest absolute Gasteiger partial charge is 0.543 e. The quantitative estimate of drug-likeness (QED) is 0.0283. The van der Waals surface area contributed by atoms with Gasteiger partial charge in [-0.1, -0.05) is 10.1 Å². The highest BCUT2D eigenvalue weighted by molar-refractivity contribution is 8.01. The second-order valence-corrected chi connectivity index (χ2v) is 11.8. The number of fused-ring (bicyclic) bond motifs is 1.